The number of aromatic nitrogens is 1. The van der Waals surface area contributed by atoms with Crippen molar-refractivity contribution in [2.75, 3.05) is 0 Å². The molecule has 1 aliphatic rings. The number of H-pyrrole nitrogens is 1. The number of rotatable bonds is 5. The van der Waals surface area contributed by atoms with Gasteiger partial charge in [-0.3, -0.25) is 5.32 Å². The summed E-state index contributed by atoms with van der Waals surface area (Å²) in [6, 6.07) is 14.7. The zero-order valence-electron chi connectivity index (χ0n) is 12.5. The van der Waals surface area contributed by atoms with E-state index in [0.29, 0.717) is 6.04 Å². The van der Waals surface area contributed by atoms with Gasteiger partial charge in [-0.15, -0.1) is 0 Å². The summed E-state index contributed by atoms with van der Waals surface area (Å²) in [5, 5.41) is 15.6. The minimum absolute atomic E-state index is 0.383. The van der Waals surface area contributed by atoms with Gasteiger partial charge in [-0.2, -0.15) is 0 Å². The molecule has 2 unspecified atom stereocenters. The monoisotopic (exact) mass is 296 g/mol. The smallest absolute Gasteiger partial charge is 0.176 e. The molecule has 2 aromatic carbocycles. The SMILES string of the molecule is CC(O)C(NC1CC1)Oc1cccc2[nH]c3ccccc3c12. The number of hydrogen-bond acceptors (Lipinski definition) is 3. The predicted octanol–water partition coefficient (Wildman–Crippen LogP) is 3.16. The molecule has 0 aliphatic heterocycles. The van der Waals surface area contributed by atoms with Crippen LogP contribution in [0.3, 0.4) is 0 Å². The molecule has 4 nitrogen and oxygen atoms in total. The molecule has 3 N–H and O–H groups in total. The number of aromatic amines is 1. The van der Waals surface area contributed by atoms with E-state index in [1.54, 1.807) is 6.92 Å². The largest absolute Gasteiger partial charge is 0.472 e. The van der Waals surface area contributed by atoms with Gasteiger partial charge in [-0.25, -0.2) is 0 Å². The van der Waals surface area contributed by atoms with Crippen molar-refractivity contribution < 1.29 is 9.84 Å². The zero-order valence-corrected chi connectivity index (χ0v) is 12.5. The van der Waals surface area contributed by atoms with Crippen LogP contribution in [0.25, 0.3) is 21.8 Å². The van der Waals surface area contributed by atoms with Gasteiger partial charge in [-0.05, 0) is 38.0 Å². The van der Waals surface area contributed by atoms with Crippen molar-refractivity contribution in [1.29, 1.82) is 0 Å². The van der Waals surface area contributed by atoms with Crippen LogP contribution in [0.1, 0.15) is 19.8 Å². The van der Waals surface area contributed by atoms with Gasteiger partial charge in [0.1, 0.15) is 11.9 Å². The van der Waals surface area contributed by atoms with Crippen molar-refractivity contribution >= 4 is 21.8 Å². The highest BCUT2D eigenvalue weighted by Gasteiger charge is 2.28. The third-order valence-electron chi connectivity index (χ3n) is 4.16. The van der Waals surface area contributed by atoms with Crippen LogP contribution in [0.15, 0.2) is 42.5 Å². The van der Waals surface area contributed by atoms with Crippen molar-refractivity contribution in [2.24, 2.45) is 0 Å². The summed E-state index contributed by atoms with van der Waals surface area (Å²) in [5.41, 5.74) is 2.15. The first-order valence-electron chi connectivity index (χ1n) is 7.82. The molecular formula is C18H20N2O2. The van der Waals surface area contributed by atoms with Crippen LogP contribution in [0, 0.1) is 0 Å². The molecule has 0 radical (unpaired) electrons. The Labute approximate surface area is 129 Å². The minimum atomic E-state index is -0.568. The standard InChI is InChI=1S/C18H20N2O2/c1-11(21)18(19-12-9-10-12)22-16-8-4-7-15-17(16)13-5-2-3-6-14(13)20-15/h2-8,11-12,18-21H,9-10H2,1H3. The first-order valence-corrected chi connectivity index (χ1v) is 7.82. The second-order valence-corrected chi connectivity index (χ2v) is 6.07. The van der Waals surface area contributed by atoms with Crippen molar-refractivity contribution in [3.05, 3.63) is 42.5 Å². The molecule has 0 saturated heterocycles. The lowest BCUT2D eigenvalue weighted by Crippen LogP contribution is -2.44. The topological polar surface area (TPSA) is 57.3 Å². The quantitative estimate of drug-likeness (QED) is 0.634. The lowest BCUT2D eigenvalue weighted by Gasteiger charge is -2.23. The number of nitrogens with one attached hydrogen (secondary N) is 2. The number of ether oxygens (including phenoxy) is 1. The molecule has 0 bridgehead atoms. The molecule has 22 heavy (non-hydrogen) atoms. The van der Waals surface area contributed by atoms with E-state index in [2.05, 4.69) is 22.4 Å². The van der Waals surface area contributed by atoms with Gasteiger partial charge in [0.2, 0.25) is 0 Å². The van der Waals surface area contributed by atoms with Crippen LogP contribution in [0.5, 0.6) is 5.75 Å². The highest BCUT2D eigenvalue weighted by atomic mass is 16.5. The van der Waals surface area contributed by atoms with Crippen LogP contribution < -0.4 is 10.1 Å². The molecular weight excluding hydrogens is 276 g/mol. The number of fused-ring (bicyclic) bond motifs is 3. The fourth-order valence-corrected chi connectivity index (χ4v) is 2.86. The van der Waals surface area contributed by atoms with E-state index in [1.807, 2.05) is 30.3 Å². The summed E-state index contributed by atoms with van der Waals surface area (Å²) in [7, 11) is 0. The normalized spacial score (nSPS) is 17.7. The molecule has 4 heteroatoms. The number of hydrogen-bond donors (Lipinski definition) is 3. The fourth-order valence-electron chi connectivity index (χ4n) is 2.86. The lowest BCUT2D eigenvalue weighted by molar-refractivity contribution is 0.0267. The van der Waals surface area contributed by atoms with E-state index in [9.17, 15) is 5.11 Å². The fraction of sp³-hybridized carbons (Fsp3) is 0.333. The number of benzene rings is 2. The lowest BCUT2D eigenvalue weighted by atomic mass is 10.1. The van der Waals surface area contributed by atoms with E-state index < -0.39 is 6.10 Å². The van der Waals surface area contributed by atoms with Gasteiger partial charge in [-0.1, -0.05) is 24.3 Å². The van der Waals surface area contributed by atoms with E-state index in [1.165, 1.54) is 0 Å². The van der Waals surface area contributed by atoms with E-state index in [-0.39, 0.29) is 6.23 Å². The molecule has 1 aromatic heterocycles. The highest BCUT2D eigenvalue weighted by molar-refractivity contribution is 6.10. The third-order valence-corrected chi connectivity index (χ3v) is 4.16. The third kappa shape index (κ3) is 2.45. The number of aliphatic hydroxyl groups excluding tert-OH is 1. The maximum Gasteiger partial charge on any atom is 0.176 e. The summed E-state index contributed by atoms with van der Waals surface area (Å²) in [5.74, 6) is 0.800. The second kappa shape index (κ2) is 5.30. The van der Waals surface area contributed by atoms with Gasteiger partial charge in [0.05, 0.1) is 5.52 Å². The van der Waals surface area contributed by atoms with Crippen molar-refractivity contribution in [1.82, 2.24) is 10.3 Å². The molecule has 3 aromatic rings. The van der Waals surface area contributed by atoms with E-state index in [0.717, 1.165) is 40.4 Å². The Morgan fingerprint density at radius 2 is 1.91 bits per heavy atom. The van der Waals surface area contributed by atoms with Crippen LogP contribution in [0.2, 0.25) is 0 Å². The van der Waals surface area contributed by atoms with E-state index >= 15 is 0 Å². The molecule has 1 aliphatic carbocycles. The van der Waals surface area contributed by atoms with Gasteiger partial charge >= 0.3 is 0 Å². The first-order chi connectivity index (χ1) is 10.7. The van der Waals surface area contributed by atoms with Crippen molar-refractivity contribution in [3.8, 4) is 5.75 Å². The van der Waals surface area contributed by atoms with Crippen LogP contribution in [0.4, 0.5) is 0 Å². The molecule has 4 rings (SSSR count). The maximum absolute atomic E-state index is 9.99. The molecule has 0 spiro atoms. The summed E-state index contributed by atoms with van der Waals surface area (Å²) >= 11 is 0. The predicted molar refractivity (Wildman–Crippen MR) is 88.1 cm³/mol. The van der Waals surface area contributed by atoms with Crippen LogP contribution in [-0.2, 0) is 0 Å². The molecule has 1 fully saturated rings. The summed E-state index contributed by atoms with van der Waals surface area (Å²) < 4.78 is 6.13. The summed E-state index contributed by atoms with van der Waals surface area (Å²) in [6.07, 6.45) is 1.36. The van der Waals surface area contributed by atoms with Crippen molar-refractivity contribution in [2.45, 2.75) is 38.1 Å². The minimum Gasteiger partial charge on any atom is -0.472 e. The Hall–Kier alpha value is -2.04. The number of para-hydroxylation sites is 1. The second-order valence-electron chi connectivity index (χ2n) is 6.07. The number of aliphatic hydroxyl groups is 1. The summed E-state index contributed by atoms with van der Waals surface area (Å²) in [4.78, 5) is 3.41. The Kier molecular flexibility index (Phi) is 3.28. The van der Waals surface area contributed by atoms with Crippen molar-refractivity contribution in [3.63, 3.8) is 0 Å². The molecule has 2 atom stereocenters. The molecule has 1 heterocycles. The Morgan fingerprint density at radius 1 is 1.14 bits per heavy atom. The van der Waals surface area contributed by atoms with Gasteiger partial charge in [0.25, 0.3) is 0 Å². The Balaban J connectivity index is 1.76. The Morgan fingerprint density at radius 3 is 2.68 bits per heavy atom. The maximum atomic E-state index is 9.99. The first kappa shape index (κ1) is 13.6. The van der Waals surface area contributed by atoms with Gasteiger partial charge in [0.15, 0.2) is 6.23 Å². The van der Waals surface area contributed by atoms with Gasteiger partial charge in [0, 0.05) is 22.3 Å². The average Bonchev–Trinajstić information content (AvgIpc) is 3.24. The van der Waals surface area contributed by atoms with Crippen LogP contribution >= 0.6 is 0 Å². The molecule has 114 valence electrons. The highest BCUT2D eigenvalue weighted by Crippen LogP contribution is 2.33. The average molecular weight is 296 g/mol. The van der Waals surface area contributed by atoms with E-state index in [4.69, 9.17) is 4.74 Å². The zero-order chi connectivity index (χ0) is 15.1. The Bertz CT molecular complexity index is 805. The van der Waals surface area contributed by atoms with Crippen LogP contribution in [-0.4, -0.2) is 28.5 Å². The molecule has 1 saturated carbocycles. The summed E-state index contributed by atoms with van der Waals surface area (Å²) in [6.45, 7) is 1.76. The molecule has 0 amide bonds. The van der Waals surface area contributed by atoms with Gasteiger partial charge < -0.3 is 14.8 Å².